The van der Waals surface area contributed by atoms with Gasteiger partial charge in [0.1, 0.15) is 5.76 Å². The number of hydrogen-bond acceptors (Lipinski definition) is 3. The van der Waals surface area contributed by atoms with Crippen LogP contribution in [-0.2, 0) is 17.9 Å². The summed E-state index contributed by atoms with van der Waals surface area (Å²) in [6, 6.07) is 7.89. The predicted molar refractivity (Wildman–Crippen MR) is 113 cm³/mol. The number of furan rings is 1. The van der Waals surface area contributed by atoms with Gasteiger partial charge in [0.15, 0.2) is 5.76 Å². The molecule has 0 bridgehead atoms. The largest absolute Gasteiger partial charge is 0.454 e. The molecular formula is C23H33N3O3. The van der Waals surface area contributed by atoms with Gasteiger partial charge in [0.2, 0.25) is 5.91 Å². The number of nitrogens with one attached hydrogen (secondary N) is 1. The Morgan fingerprint density at radius 3 is 2.69 bits per heavy atom. The molecule has 29 heavy (non-hydrogen) atoms. The standard InChI is InChI=1S/C23H33N3O3/c1-3-14-26(22(27)4-2)16-19-11-8-15-25(19)17-20-12-13-21(29-20)23(28)24-18-9-6-5-7-10-18/h8,11-13,15,18H,3-7,9-10,14,16-17H2,1-2H3,(H,24,28). The quantitative estimate of drug-likeness (QED) is 0.682. The lowest BCUT2D eigenvalue weighted by Crippen LogP contribution is -2.35. The minimum atomic E-state index is -0.126. The first-order valence-corrected chi connectivity index (χ1v) is 10.9. The van der Waals surface area contributed by atoms with Crippen LogP contribution in [0.1, 0.15) is 80.8 Å². The van der Waals surface area contributed by atoms with Crippen LogP contribution in [0, 0.1) is 0 Å². The van der Waals surface area contributed by atoms with E-state index in [1.807, 2.05) is 36.2 Å². The third-order valence-electron chi connectivity index (χ3n) is 5.58. The second-order valence-electron chi connectivity index (χ2n) is 7.87. The van der Waals surface area contributed by atoms with Crippen LogP contribution in [0.4, 0.5) is 0 Å². The summed E-state index contributed by atoms with van der Waals surface area (Å²) in [5, 5.41) is 3.09. The summed E-state index contributed by atoms with van der Waals surface area (Å²) < 4.78 is 7.90. The van der Waals surface area contributed by atoms with Crippen molar-refractivity contribution in [3.63, 3.8) is 0 Å². The van der Waals surface area contributed by atoms with Gasteiger partial charge < -0.3 is 19.2 Å². The van der Waals surface area contributed by atoms with Crippen LogP contribution >= 0.6 is 0 Å². The second-order valence-corrected chi connectivity index (χ2v) is 7.87. The highest BCUT2D eigenvalue weighted by molar-refractivity contribution is 5.91. The van der Waals surface area contributed by atoms with Gasteiger partial charge in [-0.25, -0.2) is 0 Å². The lowest BCUT2D eigenvalue weighted by Gasteiger charge is -2.22. The molecule has 0 aromatic carbocycles. The first-order chi connectivity index (χ1) is 14.1. The maximum Gasteiger partial charge on any atom is 0.287 e. The monoisotopic (exact) mass is 399 g/mol. The molecule has 2 amide bonds. The average Bonchev–Trinajstić information content (AvgIpc) is 3.38. The van der Waals surface area contributed by atoms with Crippen molar-refractivity contribution >= 4 is 11.8 Å². The maximum atomic E-state index is 12.5. The Bertz CT molecular complexity index is 802. The highest BCUT2D eigenvalue weighted by Gasteiger charge is 2.19. The number of aromatic nitrogens is 1. The van der Waals surface area contributed by atoms with Crippen LogP contribution in [0.25, 0.3) is 0 Å². The molecule has 2 heterocycles. The van der Waals surface area contributed by atoms with Crippen LogP contribution in [0.5, 0.6) is 0 Å². The zero-order valence-corrected chi connectivity index (χ0v) is 17.7. The van der Waals surface area contributed by atoms with Crippen molar-refractivity contribution in [2.24, 2.45) is 0 Å². The Balaban J connectivity index is 1.62. The van der Waals surface area contributed by atoms with Crippen molar-refractivity contribution in [1.29, 1.82) is 0 Å². The van der Waals surface area contributed by atoms with Gasteiger partial charge in [-0.3, -0.25) is 9.59 Å². The fourth-order valence-corrected chi connectivity index (χ4v) is 3.98. The van der Waals surface area contributed by atoms with Crippen molar-refractivity contribution < 1.29 is 14.0 Å². The first kappa shape index (κ1) is 21.2. The van der Waals surface area contributed by atoms with E-state index in [2.05, 4.69) is 16.8 Å². The molecule has 0 spiro atoms. The summed E-state index contributed by atoms with van der Waals surface area (Å²) in [4.78, 5) is 26.6. The van der Waals surface area contributed by atoms with E-state index in [1.165, 1.54) is 19.3 Å². The fraction of sp³-hybridized carbons (Fsp3) is 0.565. The predicted octanol–water partition coefficient (Wildman–Crippen LogP) is 4.34. The van der Waals surface area contributed by atoms with Gasteiger partial charge in [0.05, 0.1) is 13.1 Å². The summed E-state index contributed by atoms with van der Waals surface area (Å²) in [6.45, 7) is 5.86. The molecule has 1 aliphatic rings. The molecule has 1 fully saturated rings. The number of rotatable bonds is 9. The highest BCUT2D eigenvalue weighted by Crippen LogP contribution is 2.19. The Labute approximate surface area is 173 Å². The van der Waals surface area contributed by atoms with E-state index in [1.54, 1.807) is 6.07 Å². The molecule has 1 N–H and O–H groups in total. The van der Waals surface area contributed by atoms with E-state index >= 15 is 0 Å². The SMILES string of the molecule is CCCN(Cc1cccn1Cc1ccc(C(=O)NC2CCCCC2)o1)C(=O)CC. The topological polar surface area (TPSA) is 67.5 Å². The molecule has 1 saturated carbocycles. The van der Waals surface area contributed by atoms with Gasteiger partial charge in [-0.05, 0) is 43.5 Å². The van der Waals surface area contributed by atoms with Crippen LogP contribution in [0.2, 0.25) is 0 Å². The molecule has 0 atom stereocenters. The molecule has 0 saturated heterocycles. The maximum absolute atomic E-state index is 12.5. The molecule has 2 aromatic heterocycles. The Morgan fingerprint density at radius 2 is 1.97 bits per heavy atom. The van der Waals surface area contributed by atoms with E-state index < -0.39 is 0 Å². The molecule has 2 aromatic rings. The molecule has 6 heteroatoms. The smallest absolute Gasteiger partial charge is 0.287 e. The van der Waals surface area contributed by atoms with Crippen molar-refractivity contribution in [3.05, 3.63) is 47.7 Å². The van der Waals surface area contributed by atoms with E-state index in [9.17, 15) is 9.59 Å². The highest BCUT2D eigenvalue weighted by atomic mass is 16.4. The van der Waals surface area contributed by atoms with E-state index in [0.717, 1.165) is 37.3 Å². The van der Waals surface area contributed by atoms with Crippen LogP contribution in [0.15, 0.2) is 34.9 Å². The number of carbonyl (C=O) groups excluding carboxylic acids is 2. The van der Waals surface area contributed by atoms with E-state index in [4.69, 9.17) is 4.42 Å². The van der Waals surface area contributed by atoms with Crippen LogP contribution < -0.4 is 5.32 Å². The van der Waals surface area contributed by atoms with Crippen LogP contribution in [0.3, 0.4) is 0 Å². The molecule has 3 rings (SSSR count). The Kier molecular flexibility index (Phi) is 7.55. The average molecular weight is 400 g/mol. The molecule has 0 aliphatic heterocycles. The van der Waals surface area contributed by atoms with Crippen molar-refractivity contribution in [3.8, 4) is 0 Å². The first-order valence-electron chi connectivity index (χ1n) is 10.9. The normalized spacial score (nSPS) is 14.7. The van der Waals surface area contributed by atoms with Crippen molar-refractivity contribution in [1.82, 2.24) is 14.8 Å². The Morgan fingerprint density at radius 1 is 1.17 bits per heavy atom. The van der Waals surface area contributed by atoms with E-state index in [0.29, 0.717) is 25.3 Å². The lowest BCUT2D eigenvalue weighted by atomic mass is 9.95. The second kappa shape index (κ2) is 10.3. The number of amides is 2. The molecule has 0 unspecified atom stereocenters. The van der Waals surface area contributed by atoms with Gasteiger partial charge in [0.25, 0.3) is 5.91 Å². The number of nitrogens with zero attached hydrogens (tertiary/aromatic N) is 2. The summed E-state index contributed by atoms with van der Waals surface area (Å²) in [5.41, 5.74) is 1.06. The lowest BCUT2D eigenvalue weighted by molar-refractivity contribution is -0.131. The van der Waals surface area contributed by atoms with Gasteiger partial charge in [-0.1, -0.05) is 33.1 Å². The summed E-state index contributed by atoms with van der Waals surface area (Å²) in [5.74, 6) is 1.14. The molecule has 158 valence electrons. The third kappa shape index (κ3) is 5.75. The summed E-state index contributed by atoms with van der Waals surface area (Å²) in [7, 11) is 0. The third-order valence-corrected chi connectivity index (χ3v) is 5.58. The molecule has 0 radical (unpaired) electrons. The molecular weight excluding hydrogens is 366 g/mol. The number of hydrogen-bond donors (Lipinski definition) is 1. The fourth-order valence-electron chi connectivity index (χ4n) is 3.98. The van der Waals surface area contributed by atoms with Gasteiger partial charge in [0, 0.05) is 30.9 Å². The van der Waals surface area contributed by atoms with Crippen LogP contribution in [-0.4, -0.2) is 33.9 Å². The van der Waals surface area contributed by atoms with E-state index in [-0.39, 0.29) is 17.9 Å². The Hall–Kier alpha value is -2.50. The minimum absolute atomic E-state index is 0.126. The molecule has 1 aliphatic carbocycles. The zero-order chi connectivity index (χ0) is 20.6. The van der Waals surface area contributed by atoms with Gasteiger partial charge in [-0.2, -0.15) is 0 Å². The summed E-state index contributed by atoms with van der Waals surface area (Å²) >= 11 is 0. The van der Waals surface area contributed by atoms with Crippen molar-refractivity contribution in [2.75, 3.05) is 6.54 Å². The number of carbonyl (C=O) groups is 2. The van der Waals surface area contributed by atoms with Crippen molar-refractivity contribution in [2.45, 2.75) is 77.9 Å². The summed E-state index contributed by atoms with van der Waals surface area (Å²) in [6.07, 6.45) is 9.16. The minimum Gasteiger partial charge on any atom is -0.454 e. The van der Waals surface area contributed by atoms with Gasteiger partial charge >= 0.3 is 0 Å². The zero-order valence-electron chi connectivity index (χ0n) is 17.7. The van der Waals surface area contributed by atoms with Gasteiger partial charge in [-0.15, -0.1) is 0 Å². The molecule has 6 nitrogen and oxygen atoms in total.